The summed E-state index contributed by atoms with van der Waals surface area (Å²) < 4.78 is 6.53. The molecule has 0 radical (unpaired) electrons. The highest BCUT2D eigenvalue weighted by Gasteiger charge is 2.10. The summed E-state index contributed by atoms with van der Waals surface area (Å²) in [5.74, 6) is 1.07. The van der Waals surface area contributed by atoms with Crippen molar-refractivity contribution in [2.45, 2.75) is 27.3 Å². The van der Waals surface area contributed by atoms with E-state index in [0.717, 1.165) is 28.9 Å². The number of rotatable bonds is 8. The maximum Gasteiger partial charge on any atom is 0.257 e. The van der Waals surface area contributed by atoms with Gasteiger partial charge in [-0.3, -0.25) is 4.79 Å². The fourth-order valence-electron chi connectivity index (χ4n) is 1.62. The van der Waals surface area contributed by atoms with Crippen LogP contribution in [0.1, 0.15) is 26.3 Å². The number of hydrogen-bond donors (Lipinski definition) is 2. The molecular weight excluding hydrogens is 320 g/mol. The molecule has 0 spiro atoms. The van der Waals surface area contributed by atoms with Crippen LogP contribution in [-0.4, -0.2) is 25.6 Å². The van der Waals surface area contributed by atoms with Gasteiger partial charge in [-0.25, -0.2) is 0 Å². The summed E-state index contributed by atoms with van der Waals surface area (Å²) in [6, 6.07) is 5.87. The molecule has 0 bridgehead atoms. The zero-order valence-corrected chi connectivity index (χ0v) is 13.9. The molecule has 0 aliphatic heterocycles. The van der Waals surface area contributed by atoms with Crippen LogP contribution in [-0.2, 0) is 11.3 Å². The van der Waals surface area contributed by atoms with Crippen LogP contribution in [0.15, 0.2) is 22.7 Å². The number of carbonyl (C=O) groups is 1. The maximum absolute atomic E-state index is 11.7. The van der Waals surface area contributed by atoms with Gasteiger partial charge in [-0.1, -0.05) is 32.9 Å². The molecule has 112 valence electrons. The molecule has 0 fully saturated rings. The smallest absolute Gasteiger partial charge is 0.257 e. The molecule has 0 aromatic heterocycles. The molecule has 2 N–H and O–H groups in total. The van der Waals surface area contributed by atoms with Gasteiger partial charge in [0.1, 0.15) is 5.75 Å². The Morgan fingerprint density at radius 1 is 1.40 bits per heavy atom. The summed E-state index contributed by atoms with van der Waals surface area (Å²) >= 11 is 3.47. The molecule has 0 heterocycles. The van der Waals surface area contributed by atoms with Crippen LogP contribution in [0.3, 0.4) is 0 Å². The van der Waals surface area contributed by atoms with Crippen molar-refractivity contribution in [2.24, 2.45) is 5.92 Å². The summed E-state index contributed by atoms with van der Waals surface area (Å²) in [5.41, 5.74) is 1.04. The summed E-state index contributed by atoms with van der Waals surface area (Å²) in [6.07, 6.45) is 0. The fraction of sp³-hybridized carbons (Fsp3) is 0.533. The average molecular weight is 343 g/mol. The Balaban J connectivity index is 2.59. The highest BCUT2D eigenvalue weighted by molar-refractivity contribution is 9.10. The lowest BCUT2D eigenvalue weighted by Crippen LogP contribution is -2.32. The Kier molecular flexibility index (Phi) is 7.62. The molecule has 1 aromatic carbocycles. The lowest BCUT2D eigenvalue weighted by Gasteiger charge is -2.14. The van der Waals surface area contributed by atoms with Crippen molar-refractivity contribution < 1.29 is 9.53 Å². The minimum absolute atomic E-state index is 0.0362. The monoisotopic (exact) mass is 342 g/mol. The van der Waals surface area contributed by atoms with Crippen molar-refractivity contribution >= 4 is 21.8 Å². The van der Waals surface area contributed by atoms with Crippen molar-refractivity contribution in [1.82, 2.24) is 10.6 Å². The predicted octanol–water partition coefficient (Wildman–Crippen LogP) is 2.71. The van der Waals surface area contributed by atoms with Gasteiger partial charge < -0.3 is 15.4 Å². The third-order valence-electron chi connectivity index (χ3n) is 2.67. The third kappa shape index (κ3) is 5.92. The normalized spacial score (nSPS) is 10.7. The van der Waals surface area contributed by atoms with E-state index >= 15 is 0 Å². The van der Waals surface area contributed by atoms with Crippen LogP contribution in [0.25, 0.3) is 0 Å². The molecule has 1 aromatic rings. The Bertz CT molecular complexity index is 436. The van der Waals surface area contributed by atoms with Crippen LogP contribution in [0.2, 0.25) is 0 Å². The molecule has 1 rings (SSSR count). The van der Waals surface area contributed by atoms with Crippen molar-refractivity contribution in [3.05, 3.63) is 28.2 Å². The third-order valence-corrected chi connectivity index (χ3v) is 3.29. The minimum Gasteiger partial charge on any atom is -0.482 e. The van der Waals surface area contributed by atoms with E-state index in [1.165, 1.54) is 0 Å². The number of nitrogens with one attached hydrogen (secondary N) is 2. The maximum atomic E-state index is 11.7. The van der Waals surface area contributed by atoms with Crippen LogP contribution < -0.4 is 15.4 Å². The Morgan fingerprint density at radius 2 is 2.15 bits per heavy atom. The van der Waals surface area contributed by atoms with E-state index in [2.05, 4.69) is 47.3 Å². The fourth-order valence-corrected chi connectivity index (χ4v) is 2.14. The lowest BCUT2D eigenvalue weighted by atomic mass is 10.2. The summed E-state index contributed by atoms with van der Waals surface area (Å²) in [5, 5.41) is 6.10. The first kappa shape index (κ1) is 17.0. The molecule has 0 unspecified atom stereocenters. The number of para-hydroxylation sites is 1. The van der Waals surface area contributed by atoms with Crippen molar-refractivity contribution in [3.63, 3.8) is 0 Å². The largest absolute Gasteiger partial charge is 0.482 e. The molecule has 0 atom stereocenters. The van der Waals surface area contributed by atoms with Gasteiger partial charge in [-0.05, 0) is 34.5 Å². The van der Waals surface area contributed by atoms with E-state index in [-0.39, 0.29) is 12.5 Å². The quantitative estimate of drug-likeness (QED) is 0.763. The van der Waals surface area contributed by atoms with Gasteiger partial charge in [-0.2, -0.15) is 0 Å². The van der Waals surface area contributed by atoms with Crippen LogP contribution in [0.4, 0.5) is 0 Å². The summed E-state index contributed by atoms with van der Waals surface area (Å²) in [7, 11) is 0. The summed E-state index contributed by atoms with van der Waals surface area (Å²) in [4.78, 5) is 11.7. The molecule has 0 aliphatic rings. The van der Waals surface area contributed by atoms with E-state index in [0.29, 0.717) is 12.5 Å². The second-order valence-corrected chi connectivity index (χ2v) is 5.85. The van der Waals surface area contributed by atoms with E-state index in [4.69, 9.17) is 4.74 Å². The number of benzene rings is 1. The molecular formula is C15H23BrN2O2. The van der Waals surface area contributed by atoms with Crippen LogP contribution in [0.5, 0.6) is 5.75 Å². The first-order valence-corrected chi connectivity index (χ1v) is 7.71. The first-order chi connectivity index (χ1) is 9.54. The van der Waals surface area contributed by atoms with Gasteiger partial charge in [0.05, 0.1) is 4.47 Å². The van der Waals surface area contributed by atoms with Gasteiger partial charge in [0.15, 0.2) is 6.61 Å². The van der Waals surface area contributed by atoms with Gasteiger partial charge in [0.2, 0.25) is 0 Å². The van der Waals surface area contributed by atoms with Crippen molar-refractivity contribution in [3.8, 4) is 5.75 Å². The predicted molar refractivity (Wildman–Crippen MR) is 84.9 cm³/mol. The molecule has 1 amide bonds. The first-order valence-electron chi connectivity index (χ1n) is 6.92. The molecule has 4 nitrogen and oxygen atoms in total. The van der Waals surface area contributed by atoms with Crippen LogP contribution in [0, 0.1) is 5.92 Å². The molecule has 0 aliphatic carbocycles. The van der Waals surface area contributed by atoms with E-state index < -0.39 is 0 Å². The highest BCUT2D eigenvalue weighted by Crippen LogP contribution is 2.29. The highest BCUT2D eigenvalue weighted by atomic mass is 79.9. The second-order valence-electron chi connectivity index (χ2n) is 5.00. The Hall–Kier alpha value is -1.07. The summed E-state index contributed by atoms with van der Waals surface area (Å²) in [6.45, 7) is 8.49. The zero-order chi connectivity index (χ0) is 15.0. The van der Waals surface area contributed by atoms with Crippen molar-refractivity contribution in [1.29, 1.82) is 0 Å². The average Bonchev–Trinajstić information content (AvgIpc) is 2.41. The van der Waals surface area contributed by atoms with Gasteiger partial charge >= 0.3 is 0 Å². The van der Waals surface area contributed by atoms with Gasteiger partial charge in [0.25, 0.3) is 5.91 Å². The minimum atomic E-state index is -0.0937. The van der Waals surface area contributed by atoms with Crippen molar-refractivity contribution in [2.75, 3.05) is 19.7 Å². The molecule has 0 saturated heterocycles. The Morgan fingerprint density at radius 3 is 2.80 bits per heavy atom. The number of ether oxygens (including phenoxy) is 1. The van der Waals surface area contributed by atoms with Gasteiger partial charge in [0, 0.05) is 18.7 Å². The van der Waals surface area contributed by atoms with Crippen LogP contribution >= 0.6 is 15.9 Å². The zero-order valence-electron chi connectivity index (χ0n) is 12.3. The Labute approximate surface area is 129 Å². The topological polar surface area (TPSA) is 50.4 Å². The molecule has 0 saturated carbocycles. The number of amides is 1. The van der Waals surface area contributed by atoms with E-state index in [1.807, 2.05) is 18.2 Å². The second kappa shape index (κ2) is 8.97. The number of hydrogen-bond acceptors (Lipinski definition) is 3. The van der Waals surface area contributed by atoms with E-state index in [1.54, 1.807) is 0 Å². The molecule has 20 heavy (non-hydrogen) atoms. The number of carbonyl (C=O) groups excluding carboxylic acids is 1. The van der Waals surface area contributed by atoms with Gasteiger partial charge in [-0.15, -0.1) is 0 Å². The lowest BCUT2D eigenvalue weighted by molar-refractivity contribution is -0.123. The number of halogens is 1. The standard InChI is InChI=1S/C15H23BrN2O2/c1-4-17-9-12-6-5-7-13(16)15(12)20-10-14(19)18-8-11(2)3/h5-7,11,17H,4,8-10H2,1-3H3,(H,18,19). The molecule has 5 heteroatoms. The SMILES string of the molecule is CCNCc1cccc(Br)c1OCC(=O)NCC(C)C. The van der Waals surface area contributed by atoms with E-state index in [9.17, 15) is 4.79 Å².